The van der Waals surface area contributed by atoms with Crippen LogP contribution in [0.1, 0.15) is 5.56 Å². The fraction of sp³-hybridized carbons (Fsp3) is 0.222. The maximum absolute atomic E-state index is 6.15. The van der Waals surface area contributed by atoms with Gasteiger partial charge in [-0.25, -0.2) is 9.97 Å². The van der Waals surface area contributed by atoms with Crippen LogP contribution in [-0.2, 0) is 11.2 Å². The molecule has 5 nitrogen and oxygen atoms in total. The smallest absolute Gasteiger partial charge is 0.203 e. The second-order valence-electron chi connectivity index (χ2n) is 5.70. The predicted molar refractivity (Wildman–Crippen MR) is 94.2 cm³/mol. The maximum Gasteiger partial charge on any atom is 0.203 e. The highest BCUT2D eigenvalue weighted by Gasteiger charge is 2.23. The third kappa shape index (κ3) is 2.56. The zero-order valence-corrected chi connectivity index (χ0v) is 14.1. The van der Waals surface area contributed by atoms with Crippen LogP contribution in [0.15, 0.2) is 42.7 Å². The van der Waals surface area contributed by atoms with E-state index in [9.17, 15) is 0 Å². The summed E-state index contributed by atoms with van der Waals surface area (Å²) in [4.78, 5) is 10.8. The number of ether oxygens (including phenoxy) is 2. The number of fused-ring (bicyclic) bond motifs is 2. The van der Waals surface area contributed by atoms with Crippen molar-refractivity contribution in [2.75, 3.05) is 19.1 Å². The standard InChI is InChI=1S/C18H16ClN3O2/c1-22(13-4-6-16-11(7-13)8-17(23-2)24-16)18-14-9-12(19)3-5-15(14)20-10-21-18/h3-7,9-10,17H,8H2,1-2H3. The van der Waals surface area contributed by atoms with E-state index in [-0.39, 0.29) is 6.29 Å². The number of anilines is 2. The van der Waals surface area contributed by atoms with Crippen LogP contribution < -0.4 is 9.64 Å². The fourth-order valence-corrected chi connectivity index (χ4v) is 3.12. The van der Waals surface area contributed by atoms with Gasteiger partial charge in [0, 0.05) is 42.2 Å². The average molecular weight is 342 g/mol. The topological polar surface area (TPSA) is 47.5 Å². The Morgan fingerprint density at radius 2 is 2.08 bits per heavy atom. The number of aromatic nitrogens is 2. The van der Waals surface area contributed by atoms with Crippen LogP contribution in [0, 0.1) is 0 Å². The summed E-state index contributed by atoms with van der Waals surface area (Å²) in [5, 5.41) is 1.58. The quantitative estimate of drug-likeness (QED) is 0.721. The SMILES string of the molecule is COC1Cc2cc(N(C)c3ncnc4ccc(Cl)cc34)ccc2O1. The van der Waals surface area contributed by atoms with E-state index in [0.717, 1.165) is 40.1 Å². The molecule has 0 bridgehead atoms. The van der Waals surface area contributed by atoms with Crippen molar-refractivity contribution in [3.05, 3.63) is 53.3 Å². The van der Waals surface area contributed by atoms with E-state index in [1.807, 2.05) is 42.3 Å². The molecule has 6 heteroatoms. The first-order chi connectivity index (χ1) is 11.7. The molecule has 1 aromatic heterocycles. The third-order valence-corrected chi connectivity index (χ3v) is 4.47. The monoisotopic (exact) mass is 341 g/mol. The van der Waals surface area contributed by atoms with Crippen LogP contribution >= 0.6 is 11.6 Å². The van der Waals surface area contributed by atoms with Gasteiger partial charge in [-0.15, -0.1) is 0 Å². The molecule has 0 aliphatic carbocycles. The number of rotatable bonds is 3. The molecule has 2 aromatic carbocycles. The molecule has 0 saturated heterocycles. The highest BCUT2D eigenvalue weighted by Crippen LogP contribution is 2.35. The van der Waals surface area contributed by atoms with Crippen molar-refractivity contribution < 1.29 is 9.47 Å². The van der Waals surface area contributed by atoms with Gasteiger partial charge in [0.1, 0.15) is 17.9 Å². The second kappa shape index (κ2) is 5.92. The number of halogens is 1. The summed E-state index contributed by atoms with van der Waals surface area (Å²) in [6, 6.07) is 11.7. The van der Waals surface area contributed by atoms with Crippen LogP contribution in [0.2, 0.25) is 5.02 Å². The average Bonchev–Trinajstić information content (AvgIpc) is 3.03. The molecule has 0 fully saturated rings. The Labute approximate surface area is 144 Å². The van der Waals surface area contributed by atoms with E-state index < -0.39 is 0 Å². The minimum absolute atomic E-state index is 0.209. The molecule has 0 spiro atoms. The molecule has 1 aliphatic heterocycles. The summed E-state index contributed by atoms with van der Waals surface area (Å²) in [6.45, 7) is 0. The van der Waals surface area contributed by atoms with Crippen LogP contribution in [0.25, 0.3) is 10.9 Å². The zero-order chi connectivity index (χ0) is 16.7. The van der Waals surface area contributed by atoms with Crippen LogP contribution in [0.4, 0.5) is 11.5 Å². The molecule has 1 unspecified atom stereocenters. The van der Waals surface area contributed by atoms with E-state index in [4.69, 9.17) is 21.1 Å². The highest BCUT2D eigenvalue weighted by molar-refractivity contribution is 6.31. The number of hydrogen-bond acceptors (Lipinski definition) is 5. The zero-order valence-electron chi connectivity index (χ0n) is 13.4. The Hall–Kier alpha value is -2.37. The maximum atomic E-state index is 6.15. The summed E-state index contributed by atoms with van der Waals surface area (Å²) in [5.74, 6) is 1.68. The summed E-state index contributed by atoms with van der Waals surface area (Å²) in [5.41, 5.74) is 3.01. The number of methoxy groups -OCH3 is 1. The molecule has 24 heavy (non-hydrogen) atoms. The molecule has 0 radical (unpaired) electrons. The molecule has 3 aromatic rings. The molecule has 122 valence electrons. The molecule has 2 heterocycles. The lowest BCUT2D eigenvalue weighted by Crippen LogP contribution is -2.14. The van der Waals surface area contributed by atoms with Crippen molar-refractivity contribution in [1.29, 1.82) is 0 Å². The van der Waals surface area contributed by atoms with Crippen molar-refractivity contribution in [2.45, 2.75) is 12.7 Å². The summed E-state index contributed by atoms with van der Waals surface area (Å²) < 4.78 is 11.0. The molecule has 1 aliphatic rings. The first kappa shape index (κ1) is 15.2. The first-order valence-corrected chi connectivity index (χ1v) is 8.00. The van der Waals surface area contributed by atoms with Gasteiger partial charge in [0.05, 0.1) is 5.52 Å². The molecular formula is C18H16ClN3O2. The Kier molecular flexibility index (Phi) is 3.75. The number of hydrogen-bond donors (Lipinski definition) is 0. The molecular weight excluding hydrogens is 326 g/mol. The van der Waals surface area contributed by atoms with Crippen LogP contribution in [0.3, 0.4) is 0 Å². The van der Waals surface area contributed by atoms with Gasteiger partial charge in [0.15, 0.2) is 0 Å². The van der Waals surface area contributed by atoms with Crippen molar-refractivity contribution in [3.8, 4) is 5.75 Å². The molecule has 1 atom stereocenters. The molecule has 0 saturated carbocycles. The Morgan fingerprint density at radius 1 is 1.21 bits per heavy atom. The fourth-order valence-electron chi connectivity index (χ4n) is 2.95. The largest absolute Gasteiger partial charge is 0.464 e. The third-order valence-electron chi connectivity index (χ3n) is 4.23. The van der Waals surface area contributed by atoms with Gasteiger partial charge in [-0.3, -0.25) is 0 Å². The molecule has 0 amide bonds. The van der Waals surface area contributed by atoms with E-state index in [1.165, 1.54) is 0 Å². The number of benzene rings is 2. The summed E-state index contributed by atoms with van der Waals surface area (Å²) in [7, 11) is 3.63. The number of nitrogens with zero attached hydrogens (tertiary/aromatic N) is 3. The van der Waals surface area contributed by atoms with Gasteiger partial charge in [-0.1, -0.05) is 11.6 Å². The van der Waals surface area contributed by atoms with Crippen LogP contribution in [0.5, 0.6) is 5.75 Å². The Bertz CT molecular complexity index is 916. The van der Waals surface area contributed by atoms with E-state index >= 15 is 0 Å². The lowest BCUT2D eigenvalue weighted by molar-refractivity contribution is -0.0367. The van der Waals surface area contributed by atoms with Gasteiger partial charge in [-0.05, 0) is 36.4 Å². The molecule has 4 rings (SSSR count). The minimum Gasteiger partial charge on any atom is -0.464 e. The Morgan fingerprint density at radius 3 is 2.92 bits per heavy atom. The lowest BCUT2D eigenvalue weighted by atomic mass is 10.1. The van der Waals surface area contributed by atoms with E-state index in [2.05, 4.69) is 16.0 Å². The second-order valence-corrected chi connectivity index (χ2v) is 6.13. The van der Waals surface area contributed by atoms with Gasteiger partial charge >= 0.3 is 0 Å². The van der Waals surface area contributed by atoms with E-state index in [0.29, 0.717) is 5.02 Å². The van der Waals surface area contributed by atoms with Gasteiger partial charge < -0.3 is 14.4 Å². The predicted octanol–water partition coefficient (Wildman–Crippen LogP) is 3.96. The first-order valence-electron chi connectivity index (χ1n) is 7.62. The normalized spacial score (nSPS) is 16.0. The summed E-state index contributed by atoms with van der Waals surface area (Å²) >= 11 is 6.15. The van der Waals surface area contributed by atoms with Crippen molar-refractivity contribution in [1.82, 2.24) is 9.97 Å². The summed E-state index contributed by atoms with van der Waals surface area (Å²) in [6.07, 6.45) is 2.10. The van der Waals surface area contributed by atoms with Crippen molar-refractivity contribution >= 4 is 34.0 Å². The van der Waals surface area contributed by atoms with Gasteiger partial charge in [0.25, 0.3) is 0 Å². The highest BCUT2D eigenvalue weighted by atomic mass is 35.5. The van der Waals surface area contributed by atoms with Crippen LogP contribution in [-0.4, -0.2) is 30.4 Å². The minimum atomic E-state index is -0.209. The van der Waals surface area contributed by atoms with Crippen molar-refractivity contribution in [3.63, 3.8) is 0 Å². The van der Waals surface area contributed by atoms with Crippen molar-refractivity contribution in [2.24, 2.45) is 0 Å². The Balaban J connectivity index is 1.75. The van der Waals surface area contributed by atoms with Gasteiger partial charge in [-0.2, -0.15) is 0 Å². The van der Waals surface area contributed by atoms with E-state index in [1.54, 1.807) is 13.4 Å². The van der Waals surface area contributed by atoms with Gasteiger partial charge in [0.2, 0.25) is 6.29 Å². The molecule has 0 N–H and O–H groups in total. The lowest BCUT2D eigenvalue weighted by Gasteiger charge is -2.20.